The van der Waals surface area contributed by atoms with Crippen molar-refractivity contribution >= 4 is 16.9 Å². The lowest BCUT2D eigenvalue weighted by Crippen LogP contribution is -2.20. The van der Waals surface area contributed by atoms with Crippen molar-refractivity contribution in [2.75, 3.05) is 5.32 Å². The highest BCUT2D eigenvalue weighted by molar-refractivity contribution is 5.88. The van der Waals surface area contributed by atoms with Crippen LogP contribution in [0.2, 0.25) is 0 Å². The molecule has 0 amide bonds. The lowest BCUT2D eigenvalue weighted by molar-refractivity contribution is 0.761. The first kappa shape index (κ1) is 16.1. The van der Waals surface area contributed by atoms with Crippen LogP contribution in [0.5, 0.6) is 0 Å². The first-order chi connectivity index (χ1) is 12.7. The van der Waals surface area contributed by atoms with Gasteiger partial charge in [0.05, 0.1) is 17.3 Å². The van der Waals surface area contributed by atoms with Crippen LogP contribution < -0.4 is 5.32 Å². The van der Waals surface area contributed by atoms with Gasteiger partial charge in [-0.25, -0.2) is 9.97 Å². The van der Waals surface area contributed by atoms with Gasteiger partial charge in [-0.1, -0.05) is 0 Å². The Morgan fingerprint density at radius 1 is 1.08 bits per heavy atom. The molecule has 0 aliphatic carbocycles. The Bertz CT molecular complexity index is 1010. The molecule has 130 valence electrons. The predicted molar refractivity (Wildman–Crippen MR) is 98.4 cm³/mol. The minimum Gasteiger partial charge on any atom is -0.366 e. The molecule has 0 aliphatic heterocycles. The van der Waals surface area contributed by atoms with E-state index < -0.39 is 0 Å². The molecular formula is C18H18N8. The highest BCUT2D eigenvalue weighted by Crippen LogP contribution is 2.24. The van der Waals surface area contributed by atoms with E-state index in [4.69, 9.17) is 4.98 Å². The molecule has 4 heterocycles. The molecule has 4 aromatic rings. The van der Waals surface area contributed by atoms with Gasteiger partial charge in [0.15, 0.2) is 11.5 Å². The van der Waals surface area contributed by atoms with Gasteiger partial charge in [0, 0.05) is 56.1 Å². The van der Waals surface area contributed by atoms with Gasteiger partial charge in [-0.05, 0) is 19.1 Å². The number of pyridine rings is 1. The van der Waals surface area contributed by atoms with Crippen LogP contribution in [-0.2, 0) is 13.5 Å². The molecule has 0 aliphatic rings. The quantitative estimate of drug-likeness (QED) is 0.592. The minimum absolute atomic E-state index is 0.117. The molecule has 4 aromatic heterocycles. The molecule has 0 aromatic carbocycles. The summed E-state index contributed by atoms with van der Waals surface area (Å²) in [6, 6.07) is 3.93. The van der Waals surface area contributed by atoms with E-state index in [9.17, 15) is 0 Å². The van der Waals surface area contributed by atoms with Crippen molar-refractivity contribution in [3.8, 4) is 11.4 Å². The van der Waals surface area contributed by atoms with Gasteiger partial charge in [-0.2, -0.15) is 5.10 Å². The number of aryl methyl sites for hydroxylation is 1. The Labute approximate surface area is 150 Å². The van der Waals surface area contributed by atoms with Crippen LogP contribution in [0.25, 0.3) is 22.4 Å². The number of hydrogen-bond acceptors (Lipinski definition) is 7. The van der Waals surface area contributed by atoms with Crippen molar-refractivity contribution in [3.05, 3.63) is 55.0 Å². The standard InChI is InChI=1S/C18H18N8/c1-12(8-14-10-20-6-7-21-14)23-17-15-11-22-26(2)18(15)25-16(24-17)13-4-3-5-19-9-13/h3-7,9-12H,8H2,1-2H3,(H,23,24,25). The third kappa shape index (κ3) is 3.21. The van der Waals surface area contributed by atoms with E-state index in [0.717, 1.165) is 34.5 Å². The van der Waals surface area contributed by atoms with E-state index in [-0.39, 0.29) is 6.04 Å². The Kier molecular flexibility index (Phi) is 4.22. The van der Waals surface area contributed by atoms with Crippen LogP contribution in [0.4, 0.5) is 5.82 Å². The zero-order valence-corrected chi connectivity index (χ0v) is 14.5. The van der Waals surface area contributed by atoms with E-state index >= 15 is 0 Å². The van der Waals surface area contributed by atoms with Crippen LogP contribution in [0.1, 0.15) is 12.6 Å². The zero-order valence-electron chi connectivity index (χ0n) is 14.5. The highest BCUT2D eigenvalue weighted by atomic mass is 15.3. The minimum atomic E-state index is 0.117. The molecule has 8 heteroatoms. The summed E-state index contributed by atoms with van der Waals surface area (Å²) in [5, 5.41) is 8.66. The van der Waals surface area contributed by atoms with E-state index in [1.165, 1.54) is 0 Å². The topological polar surface area (TPSA) is 94.3 Å². The van der Waals surface area contributed by atoms with Gasteiger partial charge in [-0.3, -0.25) is 19.6 Å². The van der Waals surface area contributed by atoms with Gasteiger partial charge >= 0.3 is 0 Å². The van der Waals surface area contributed by atoms with Crippen molar-refractivity contribution < 1.29 is 0 Å². The first-order valence-corrected chi connectivity index (χ1v) is 8.32. The van der Waals surface area contributed by atoms with Crippen molar-refractivity contribution in [1.29, 1.82) is 0 Å². The van der Waals surface area contributed by atoms with Crippen LogP contribution in [-0.4, -0.2) is 40.7 Å². The maximum Gasteiger partial charge on any atom is 0.165 e. The normalized spacial score (nSPS) is 12.2. The van der Waals surface area contributed by atoms with Crippen LogP contribution >= 0.6 is 0 Å². The van der Waals surface area contributed by atoms with Crippen molar-refractivity contribution in [1.82, 2.24) is 34.7 Å². The molecular weight excluding hydrogens is 328 g/mol. The number of hydrogen-bond donors (Lipinski definition) is 1. The third-order valence-electron chi connectivity index (χ3n) is 4.03. The maximum atomic E-state index is 4.71. The molecule has 0 fully saturated rings. The molecule has 1 N–H and O–H groups in total. The second-order valence-electron chi connectivity index (χ2n) is 6.09. The van der Waals surface area contributed by atoms with Gasteiger partial charge in [0.2, 0.25) is 0 Å². The molecule has 26 heavy (non-hydrogen) atoms. The fraction of sp³-hybridized carbons (Fsp3) is 0.222. The van der Waals surface area contributed by atoms with Crippen molar-refractivity contribution in [3.63, 3.8) is 0 Å². The van der Waals surface area contributed by atoms with Crippen LogP contribution in [0.3, 0.4) is 0 Å². The molecule has 0 radical (unpaired) electrons. The average Bonchev–Trinajstić information content (AvgIpc) is 3.04. The monoisotopic (exact) mass is 346 g/mol. The Morgan fingerprint density at radius 2 is 1.96 bits per heavy atom. The summed E-state index contributed by atoms with van der Waals surface area (Å²) in [4.78, 5) is 22.0. The fourth-order valence-corrected chi connectivity index (χ4v) is 2.79. The van der Waals surface area contributed by atoms with E-state index in [0.29, 0.717) is 5.82 Å². The third-order valence-corrected chi connectivity index (χ3v) is 4.03. The van der Waals surface area contributed by atoms with Gasteiger partial charge in [-0.15, -0.1) is 0 Å². The second kappa shape index (κ2) is 6.83. The van der Waals surface area contributed by atoms with Crippen molar-refractivity contribution in [2.45, 2.75) is 19.4 Å². The summed E-state index contributed by atoms with van der Waals surface area (Å²) in [6.07, 6.45) is 11.1. The SMILES string of the molecule is CC(Cc1cnccn1)Nc1nc(-c2cccnc2)nc2c1cnn2C. The molecule has 0 saturated carbocycles. The average molecular weight is 346 g/mol. The number of fused-ring (bicyclic) bond motifs is 1. The summed E-state index contributed by atoms with van der Waals surface area (Å²) < 4.78 is 1.75. The van der Waals surface area contributed by atoms with E-state index in [2.05, 4.69) is 37.3 Å². The zero-order chi connectivity index (χ0) is 17.9. The lowest BCUT2D eigenvalue weighted by atomic mass is 10.2. The number of anilines is 1. The summed E-state index contributed by atoms with van der Waals surface area (Å²) in [7, 11) is 1.87. The summed E-state index contributed by atoms with van der Waals surface area (Å²) in [5.74, 6) is 1.36. The van der Waals surface area contributed by atoms with Crippen LogP contribution in [0, 0.1) is 0 Å². The number of nitrogens with zero attached hydrogens (tertiary/aromatic N) is 7. The number of rotatable bonds is 5. The molecule has 1 unspecified atom stereocenters. The van der Waals surface area contributed by atoms with E-state index in [1.807, 2.05) is 19.2 Å². The highest BCUT2D eigenvalue weighted by Gasteiger charge is 2.15. The summed E-state index contributed by atoms with van der Waals surface area (Å²) >= 11 is 0. The lowest BCUT2D eigenvalue weighted by Gasteiger charge is -2.15. The number of aromatic nitrogens is 7. The Hall–Kier alpha value is -3.42. The molecule has 0 spiro atoms. The second-order valence-corrected chi connectivity index (χ2v) is 6.09. The van der Waals surface area contributed by atoms with Crippen molar-refractivity contribution in [2.24, 2.45) is 7.05 Å². The van der Waals surface area contributed by atoms with Gasteiger partial charge in [0.25, 0.3) is 0 Å². The van der Waals surface area contributed by atoms with Gasteiger partial charge in [0.1, 0.15) is 5.82 Å². The Morgan fingerprint density at radius 3 is 2.73 bits per heavy atom. The van der Waals surface area contributed by atoms with Gasteiger partial charge < -0.3 is 5.32 Å². The molecule has 8 nitrogen and oxygen atoms in total. The molecule has 0 saturated heterocycles. The molecule has 4 rings (SSSR count). The van der Waals surface area contributed by atoms with E-state index in [1.54, 1.807) is 41.9 Å². The Balaban J connectivity index is 1.69. The predicted octanol–water partition coefficient (Wildman–Crippen LogP) is 2.26. The largest absolute Gasteiger partial charge is 0.366 e. The molecule has 1 atom stereocenters. The number of nitrogens with one attached hydrogen (secondary N) is 1. The molecule has 0 bridgehead atoms. The first-order valence-electron chi connectivity index (χ1n) is 8.32. The maximum absolute atomic E-state index is 4.71. The smallest absolute Gasteiger partial charge is 0.165 e. The summed E-state index contributed by atoms with van der Waals surface area (Å²) in [5.41, 5.74) is 2.56. The summed E-state index contributed by atoms with van der Waals surface area (Å²) in [6.45, 7) is 2.09. The fourth-order valence-electron chi connectivity index (χ4n) is 2.79. The van der Waals surface area contributed by atoms with Crippen LogP contribution in [0.15, 0.2) is 49.3 Å².